The first-order valence-electron chi connectivity index (χ1n) is 8.95. The second-order valence-corrected chi connectivity index (χ2v) is 5.92. The number of nitrogens with zero attached hydrogens (tertiary/aromatic N) is 2. The quantitative estimate of drug-likeness (QED) is 0.592. The maximum Gasteiger partial charge on any atom is 0.254 e. The summed E-state index contributed by atoms with van der Waals surface area (Å²) in [6, 6.07) is 17.4. The summed E-state index contributed by atoms with van der Waals surface area (Å²) < 4.78 is 12.8. The maximum atomic E-state index is 12.2. The maximum absolute atomic E-state index is 12.2. The summed E-state index contributed by atoms with van der Waals surface area (Å²) in [5, 5.41) is 7.08. The van der Waals surface area contributed by atoms with E-state index in [9.17, 15) is 4.79 Å². The third kappa shape index (κ3) is 5.60. The molecule has 0 bridgehead atoms. The largest absolute Gasteiger partial charge is 0.494 e. The second kappa shape index (κ2) is 9.43. The lowest BCUT2D eigenvalue weighted by Gasteiger charge is -2.08. The first-order valence-corrected chi connectivity index (χ1v) is 8.95. The molecular formula is C21H23N3O3. The van der Waals surface area contributed by atoms with Crippen molar-refractivity contribution in [2.45, 2.75) is 13.5 Å². The van der Waals surface area contributed by atoms with E-state index in [2.05, 4.69) is 10.4 Å². The zero-order chi connectivity index (χ0) is 18.9. The smallest absolute Gasteiger partial charge is 0.254 e. The van der Waals surface area contributed by atoms with E-state index in [0.717, 1.165) is 17.1 Å². The fourth-order valence-electron chi connectivity index (χ4n) is 2.57. The van der Waals surface area contributed by atoms with Gasteiger partial charge in [-0.2, -0.15) is 5.10 Å². The molecule has 0 saturated carbocycles. The summed E-state index contributed by atoms with van der Waals surface area (Å²) in [6.45, 7) is 4.01. The normalized spacial score (nSPS) is 10.4. The van der Waals surface area contributed by atoms with Crippen LogP contribution in [0.1, 0.15) is 22.8 Å². The van der Waals surface area contributed by atoms with Crippen LogP contribution >= 0.6 is 0 Å². The molecule has 0 aliphatic rings. The molecule has 3 aromatic rings. The molecule has 3 rings (SSSR count). The van der Waals surface area contributed by atoms with Gasteiger partial charge in [-0.15, -0.1) is 0 Å². The summed E-state index contributed by atoms with van der Waals surface area (Å²) in [5.74, 6) is 1.39. The Morgan fingerprint density at radius 1 is 1.04 bits per heavy atom. The minimum absolute atomic E-state index is 0.162. The average Bonchev–Trinajstić information content (AvgIpc) is 3.16. The Morgan fingerprint density at radius 2 is 1.74 bits per heavy atom. The number of aromatic nitrogens is 2. The number of hydrogen-bond acceptors (Lipinski definition) is 4. The monoisotopic (exact) mass is 365 g/mol. The van der Waals surface area contributed by atoms with Crippen LogP contribution in [0.25, 0.3) is 0 Å². The minimum atomic E-state index is -0.162. The van der Waals surface area contributed by atoms with Gasteiger partial charge in [-0.1, -0.05) is 30.3 Å². The Bertz CT molecular complexity index is 845. The van der Waals surface area contributed by atoms with E-state index >= 15 is 0 Å². The highest BCUT2D eigenvalue weighted by molar-refractivity contribution is 5.93. The van der Waals surface area contributed by atoms with Gasteiger partial charge in [-0.05, 0) is 36.8 Å². The van der Waals surface area contributed by atoms with E-state index < -0.39 is 0 Å². The van der Waals surface area contributed by atoms with Crippen LogP contribution in [0.4, 0.5) is 0 Å². The lowest BCUT2D eigenvalue weighted by atomic mass is 10.2. The summed E-state index contributed by atoms with van der Waals surface area (Å²) >= 11 is 0. The van der Waals surface area contributed by atoms with Crippen LogP contribution in [0.2, 0.25) is 0 Å². The predicted molar refractivity (Wildman–Crippen MR) is 103 cm³/mol. The van der Waals surface area contributed by atoms with E-state index in [1.165, 1.54) is 0 Å². The molecule has 2 aromatic carbocycles. The van der Waals surface area contributed by atoms with Crippen molar-refractivity contribution in [1.82, 2.24) is 15.1 Å². The summed E-state index contributed by atoms with van der Waals surface area (Å²) in [4.78, 5) is 12.2. The molecule has 1 heterocycles. The highest BCUT2D eigenvalue weighted by Gasteiger charge is 2.08. The summed E-state index contributed by atoms with van der Waals surface area (Å²) in [5.41, 5.74) is 1.67. The molecular weight excluding hydrogens is 342 g/mol. The molecule has 0 atom stereocenters. The van der Waals surface area contributed by atoms with Crippen LogP contribution in [0.5, 0.6) is 11.5 Å². The van der Waals surface area contributed by atoms with Gasteiger partial charge in [0.15, 0.2) is 0 Å². The first-order chi connectivity index (χ1) is 13.2. The van der Waals surface area contributed by atoms with Crippen molar-refractivity contribution in [3.8, 4) is 11.5 Å². The van der Waals surface area contributed by atoms with Gasteiger partial charge in [0.2, 0.25) is 0 Å². The third-order valence-corrected chi connectivity index (χ3v) is 3.87. The van der Waals surface area contributed by atoms with E-state index in [-0.39, 0.29) is 5.91 Å². The zero-order valence-electron chi connectivity index (χ0n) is 15.3. The molecule has 0 unspecified atom stereocenters. The van der Waals surface area contributed by atoms with Gasteiger partial charge in [-0.3, -0.25) is 9.48 Å². The van der Waals surface area contributed by atoms with Crippen LogP contribution in [-0.2, 0) is 6.54 Å². The Morgan fingerprint density at radius 3 is 2.44 bits per heavy atom. The van der Waals surface area contributed by atoms with E-state index in [4.69, 9.17) is 9.47 Å². The molecule has 1 aromatic heterocycles. The van der Waals surface area contributed by atoms with Crippen molar-refractivity contribution in [3.05, 3.63) is 78.1 Å². The van der Waals surface area contributed by atoms with Gasteiger partial charge in [0.1, 0.15) is 18.1 Å². The highest BCUT2D eigenvalue weighted by atomic mass is 16.5. The first kappa shape index (κ1) is 18.5. The van der Waals surface area contributed by atoms with Crippen LogP contribution in [-0.4, -0.2) is 35.4 Å². The molecule has 0 aliphatic carbocycles. The minimum Gasteiger partial charge on any atom is -0.494 e. The van der Waals surface area contributed by atoms with Crippen molar-refractivity contribution in [2.75, 3.05) is 19.8 Å². The lowest BCUT2D eigenvalue weighted by Crippen LogP contribution is -2.27. The number of benzene rings is 2. The standard InChI is InChI=1S/C21H23N3O3/c1-2-26-19-8-10-20(11-9-19)27-13-12-22-21(25)18-14-23-24(16-18)15-17-6-4-3-5-7-17/h3-11,14,16H,2,12-13,15H2,1H3,(H,22,25). The lowest BCUT2D eigenvalue weighted by molar-refractivity contribution is 0.0947. The van der Waals surface area contributed by atoms with Crippen LogP contribution < -0.4 is 14.8 Å². The number of nitrogens with one attached hydrogen (secondary N) is 1. The van der Waals surface area contributed by atoms with Crippen molar-refractivity contribution in [2.24, 2.45) is 0 Å². The molecule has 27 heavy (non-hydrogen) atoms. The Kier molecular flexibility index (Phi) is 6.46. The Balaban J connectivity index is 1.41. The van der Waals surface area contributed by atoms with Gasteiger partial charge in [0, 0.05) is 6.20 Å². The SMILES string of the molecule is CCOc1ccc(OCCNC(=O)c2cnn(Cc3ccccc3)c2)cc1. The number of hydrogen-bond donors (Lipinski definition) is 1. The van der Waals surface area contributed by atoms with Crippen LogP contribution in [0.3, 0.4) is 0 Å². The molecule has 0 saturated heterocycles. The van der Waals surface area contributed by atoms with Crippen molar-refractivity contribution >= 4 is 5.91 Å². The fourth-order valence-corrected chi connectivity index (χ4v) is 2.57. The van der Waals surface area contributed by atoms with E-state index in [0.29, 0.717) is 31.9 Å². The molecule has 0 aliphatic heterocycles. The molecule has 1 amide bonds. The summed E-state index contributed by atoms with van der Waals surface area (Å²) in [7, 11) is 0. The van der Waals surface area contributed by atoms with E-state index in [1.54, 1.807) is 17.1 Å². The molecule has 0 radical (unpaired) electrons. The number of ether oxygens (including phenoxy) is 2. The van der Waals surface area contributed by atoms with Crippen LogP contribution in [0.15, 0.2) is 67.0 Å². The third-order valence-electron chi connectivity index (χ3n) is 3.87. The topological polar surface area (TPSA) is 65.4 Å². The molecule has 6 heteroatoms. The number of carbonyl (C=O) groups is 1. The number of amides is 1. The van der Waals surface area contributed by atoms with E-state index in [1.807, 2.05) is 61.5 Å². The second-order valence-electron chi connectivity index (χ2n) is 5.92. The van der Waals surface area contributed by atoms with Crippen molar-refractivity contribution < 1.29 is 14.3 Å². The Labute approximate surface area is 158 Å². The molecule has 140 valence electrons. The molecule has 0 fully saturated rings. The van der Waals surface area contributed by atoms with Crippen molar-refractivity contribution in [3.63, 3.8) is 0 Å². The average molecular weight is 365 g/mol. The van der Waals surface area contributed by atoms with Gasteiger partial charge in [-0.25, -0.2) is 0 Å². The van der Waals surface area contributed by atoms with Gasteiger partial charge in [0.25, 0.3) is 5.91 Å². The highest BCUT2D eigenvalue weighted by Crippen LogP contribution is 2.17. The van der Waals surface area contributed by atoms with Gasteiger partial charge in [0.05, 0.1) is 31.5 Å². The molecule has 0 spiro atoms. The number of carbonyl (C=O) groups excluding carboxylic acids is 1. The number of rotatable bonds is 9. The van der Waals surface area contributed by atoms with Crippen LogP contribution in [0, 0.1) is 0 Å². The molecule has 6 nitrogen and oxygen atoms in total. The van der Waals surface area contributed by atoms with Gasteiger partial charge >= 0.3 is 0 Å². The summed E-state index contributed by atoms with van der Waals surface area (Å²) in [6.07, 6.45) is 3.32. The molecule has 1 N–H and O–H groups in total. The van der Waals surface area contributed by atoms with Gasteiger partial charge < -0.3 is 14.8 Å². The fraction of sp³-hybridized carbons (Fsp3) is 0.238. The Hall–Kier alpha value is -3.28. The zero-order valence-corrected chi connectivity index (χ0v) is 15.3. The predicted octanol–water partition coefficient (Wildman–Crippen LogP) is 3.14. The van der Waals surface area contributed by atoms with Crippen molar-refractivity contribution in [1.29, 1.82) is 0 Å².